The molecule has 0 aromatic heterocycles. The molecule has 1 aliphatic rings. The van der Waals surface area contributed by atoms with Crippen molar-refractivity contribution >= 4 is 0 Å². The molecule has 0 bridgehead atoms. The average molecular weight is 292 g/mol. The second kappa shape index (κ2) is 6.45. The van der Waals surface area contributed by atoms with Crippen molar-refractivity contribution in [2.45, 2.75) is 52.6 Å². The van der Waals surface area contributed by atoms with Crippen LogP contribution in [0.3, 0.4) is 0 Å². The number of nitrogens with two attached hydrogens (primary N) is 1. The Bertz CT molecular complexity index is 457. The van der Waals surface area contributed by atoms with Crippen molar-refractivity contribution in [3.63, 3.8) is 0 Å². The van der Waals surface area contributed by atoms with Gasteiger partial charge in [-0.05, 0) is 50.3 Å². The maximum atomic E-state index is 14.1. The van der Waals surface area contributed by atoms with Crippen LogP contribution in [0, 0.1) is 17.2 Å². The van der Waals surface area contributed by atoms with Crippen LogP contribution < -0.4 is 5.73 Å². The maximum Gasteiger partial charge on any atom is 0.128 e. The Labute approximate surface area is 128 Å². The third-order valence-corrected chi connectivity index (χ3v) is 4.87. The number of benzene rings is 1. The van der Waals surface area contributed by atoms with Crippen molar-refractivity contribution in [3.05, 3.63) is 35.6 Å². The van der Waals surface area contributed by atoms with Gasteiger partial charge in [-0.25, -0.2) is 4.39 Å². The quantitative estimate of drug-likeness (QED) is 0.913. The van der Waals surface area contributed by atoms with Gasteiger partial charge in [0.25, 0.3) is 0 Å². The number of piperidine rings is 1. The van der Waals surface area contributed by atoms with Crippen LogP contribution in [0.5, 0.6) is 0 Å². The van der Waals surface area contributed by atoms with Gasteiger partial charge in [-0.2, -0.15) is 0 Å². The predicted octanol–water partition coefficient (Wildman–Crippen LogP) is 3.97. The van der Waals surface area contributed by atoms with Crippen LogP contribution >= 0.6 is 0 Å². The minimum Gasteiger partial charge on any atom is -0.326 e. The van der Waals surface area contributed by atoms with Crippen LogP contribution in [0.25, 0.3) is 0 Å². The first kappa shape index (κ1) is 16.4. The summed E-state index contributed by atoms with van der Waals surface area (Å²) >= 11 is 0. The number of hydrogen-bond donors (Lipinski definition) is 1. The Morgan fingerprint density at radius 3 is 2.24 bits per heavy atom. The number of nitrogens with zero attached hydrogens (tertiary/aromatic N) is 1. The molecule has 0 amide bonds. The Balaban J connectivity index is 2.13. The molecule has 1 aromatic rings. The highest BCUT2D eigenvalue weighted by Crippen LogP contribution is 2.37. The molecule has 2 unspecified atom stereocenters. The molecule has 2 nitrogen and oxygen atoms in total. The molecule has 1 aliphatic heterocycles. The zero-order valence-electron chi connectivity index (χ0n) is 13.8. The molecule has 1 heterocycles. The molecule has 2 N–H and O–H groups in total. The van der Waals surface area contributed by atoms with Crippen LogP contribution in [0.1, 0.15) is 52.1 Å². The van der Waals surface area contributed by atoms with E-state index in [1.54, 1.807) is 6.07 Å². The van der Waals surface area contributed by atoms with Crippen LogP contribution in [0.2, 0.25) is 0 Å². The second-order valence-electron chi connectivity index (χ2n) is 7.50. The van der Waals surface area contributed by atoms with E-state index < -0.39 is 0 Å². The first-order valence-corrected chi connectivity index (χ1v) is 8.04. The number of likely N-dealkylation sites (tertiary alicyclic amines) is 1. The summed E-state index contributed by atoms with van der Waals surface area (Å²) in [5.41, 5.74) is 7.27. The third kappa shape index (κ3) is 3.83. The fourth-order valence-electron chi connectivity index (χ4n) is 3.57. The number of hydrogen-bond acceptors (Lipinski definition) is 2. The molecule has 2 atom stereocenters. The van der Waals surface area contributed by atoms with Gasteiger partial charge in [0.1, 0.15) is 5.82 Å². The van der Waals surface area contributed by atoms with E-state index in [4.69, 9.17) is 5.73 Å². The van der Waals surface area contributed by atoms with Gasteiger partial charge in [-0.3, -0.25) is 4.90 Å². The molecule has 3 heteroatoms. The molecule has 0 aliphatic carbocycles. The van der Waals surface area contributed by atoms with Gasteiger partial charge in [0, 0.05) is 11.6 Å². The van der Waals surface area contributed by atoms with Crippen LogP contribution in [-0.4, -0.2) is 24.0 Å². The van der Waals surface area contributed by atoms with Gasteiger partial charge in [0.2, 0.25) is 0 Å². The highest BCUT2D eigenvalue weighted by molar-refractivity contribution is 5.23. The van der Waals surface area contributed by atoms with Gasteiger partial charge >= 0.3 is 0 Å². The summed E-state index contributed by atoms with van der Waals surface area (Å²) in [4.78, 5) is 2.37. The summed E-state index contributed by atoms with van der Waals surface area (Å²) in [6, 6.07) is 6.95. The standard InChI is InChI=1S/C18H29FN2/c1-13(20)17(15-7-5-6-8-16(15)19)21-11-9-14(10-12-21)18(2,3)4/h5-8,13-14,17H,9-12,20H2,1-4H3. The zero-order valence-corrected chi connectivity index (χ0v) is 13.8. The summed E-state index contributed by atoms with van der Waals surface area (Å²) in [6.45, 7) is 10.9. The lowest BCUT2D eigenvalue weighted by Gasteiger charge is -2.43. The Morgan fingerprint density at radius 2 is 1.76 bits per heavy atom. The largest absolute Gasteiger partial charge is 0.326 e. The summed E-state index contributed by atoms with van der Waals surface area (Å²) in [5, 5.41) is 0. The Kier molecular flexibility index (Phi) is 5.05. The normalized spacial score (nSPS) is 21.2. The van der Waals surface area contributed by atoms with E-state index in [9.17, 15) is 4.39 Å². The topological polar surface area (TPSA) is 29.3 Å². The SMILES string of the molecule is CC(N)C(c1ccccc1F)N1CCC(C(C)(C)C)CC1. The van der Waals surface area contributed by atoms with Gasteiger partial charge in [0.05, 0.1) is 6.04 Å². The molecule has 2 rings (SSSR count). The Hall–Kier alpha value is -0.930. The van der Waals surface area contributed by atoms with Crippen molar-refractivity contribution in [3.8, 4) is 0 Å². The van der Waals surface area contributed by atoms with E-state index in [0.29, 0.717) is 5.41 Å². The molecule has 0 radical (unpaired) electrons. The number of rotatable bonds is 3. The third-order valence-electron chi connectivity index (χ3n) is 4.87. The molecule has 0 spiro atoms. The minimum atomic E-state index is -0.141. The van der Waals surface area contributed by atoms with Crippen molar-refractivity contribution in [2.24, 2.45) is 17.1 Å². The lowest BCUT2D eigenvalue weighted by Crippen LogP contribution is -2.45. The van der Waals surface area contributed by atoms with Gasteiger partial charge in [-0.15, -0.1) is 0 Å². The van der Waals surface area contributed by atoms with Crippen molar-refractivity contribution in [2.75, 3.05) is 13.1 Å². The van der Waals surface area contributed by atoms with Gasteiger partial charge in [0.15, 0.2) is 0 Å². The molecular formula is C18H29FN2. The van der Waals surface area contributed by atoms with Gasteiger partial charge < -0.3 is 5.73 Å². The zero-order chi connectivity index (χ0) is 15.6. The van der Waals surface area contributed by atoms with Gasteiger partial charge in [-0.1, -0.05) is 39.0 Å². The Morgan fingerprint density at radius 1 is 1.19 bits per heavy atom. The highest BCUT2D eigenvalue weighted by Gasteiger charge is 2.33. The molecular weight excluding hydrogens is 263 g/mol. The summed E-state index contributed by atoms with van der Waals surface area (Å²) in [5.74, 6) is 0.598. The highest BCUT2D eigenvalue weighted by atomic mass is 19.1. The smallest absolute Gasteiger partial charge is 0.128 e. The predicted molar refractivity (Wildman–Crippen MR) is 86.5 cm³/mol. The molecule has 118 valence electrons. The molecule has 0 saturated carbocycles. The van der Waals surface area contributed by atoms with E-state index in [1.807, 2.05) is 19.1 Å². The lowest BCUT2D eigenvalue weighted by atomic mass is 9.75. The fraction of sp³-hybridized carbons (Fsp3) is 0.667. The average Bonchev–Trinajstić information content (AvgIpc) is 2.40. The van der Waals surface area contributed by atoms with Crippen molar-refractivity contribution in [1.82, 2.24) is 4.90 Å². The van der Waals surface area contributed by atoms with Crippen molar-refractivity contribution < 1.29 is 4.39 Å². The summed E-state index contributed by atoms with van der Waals surface area (Å²) in [6.07, 6.45) is 2.34. The lowest BCUT2D eigenvalue weighted by molar-refractivity contribution is 0.0736. The van der Waals surface area contributed by atoms with E-state index in [0.717, 1.165) is 24.6 Å². The van der Waals surface area contributed by atoms with Crippen LogP contribution in [0.4, 0.5) is 4.39 Å². The monoisotopic (exact) mass is 292 g/mol. The van der Waals surface area contributed by atoms with E-state index in [1.165, 1.54) is 18.9 Å². The maximum absolute atomic E-state index is 14.1. The number of halogens is 1. The first-order chi connectivity index (χ1) is 9.80. The fourth-order valence-corrected chi connectivity index (χ4v) is 3.57. The summed E-state index contributed by atoms with van der Waals surface area (Å²) < 4.78 is 14.1. The second-order valence-corrected chi connectivity index (χ2v) is 7.50. The molecule has 1 fully saturated rings. The van der Waals surface area contributed by atoms with E-state index in [-0.39, 0.29) is 17.9 Å². The first-order valence-electron chi connectivity index (χ1n) is 8.04. The van der Waals surface area contributed by atoms with Crippen LogP contribution in [0.15, 0.2) is 24.3 Å². The molecule has 1 aromatic carbocycles. The van der Waals surface area contributed by atoms with Crippen molar-refractivity contribution in [1.29, 1.82) is 0 Å². The summed E-state index contributed by atoms with van der Waals surface area (Å²) in [7, 11) is 0. The minimum absolute atomic E-state index is 0.0212. The van der Waals surface area contributed by atoms with Crippen LogP contribution in [-0.2, 0) is 0 Å². The van der Waals surface area contributed by atoms with E-state index >= 15 is 0 Å². The molecule has 1 saturated heterocycles. The molecule has 21 heavy (non-hydrogen) atoms. The van der Waals surface area contributed by atoms with E-state index in [2.05, 4.69) is 25.7 Å².